The normalized spacial score (nSPS) is 10.2. The number of rotatable bonds is 3. The molecule has 0 bridgehead atoms. The quantitative estimate of drug-likeness (QED) is 0.778. The molecule has 0 aliphatic rings. The minimum Gasteiger partial charge on any atom is -0.451 e. The lowest BCUT2D eigenvalue weighted by Crippen LogP contribution is -1.93. The standard InChI is InChI=1S/C13H7F3O2/c14-9-2-4-13(11(16)6-9)18-12-3-1-8(7-17)5-10(12)15/h1-7H. The molecule has 0 unspecified atom stereocenters. The van der Waals surface area contributed by atoms with Gasteiger partial charge in [0.2, 0.25) is 0 Å². The number of carbonyl (C=O) groups excluding carboxylic acids is 1. The summed E-state index contributed by atoms with van der Waals surface area (Å²) in [6.45, 7) is 0. The molecule has 0 saturated carbocycles. The monoisotopic (exact) mass is 252 g/mol. The minimum absolute atomic E-state index is 0.138. The molecule has 0 atom stereocenters. The predicted octanol–water partition coefficient (Wildman–Crippen LogP) is 3.71. The molecule has 0 radical (unpaired) electrons. The Morgan fingerprint density at radius 2 is 1.50 bits per heavy atom. The van der Waals surface area contributed by atoms with Gasteiger partial charge >= 0.3 is 0 Å². The van der Waals surface area contributed by atoms with Gasteiger partial charge in [0.1, 0.15) is 12.1 Å². The summed E-state index contributed by atoms with van der Waals surface area (Å²) in [4.78, 5) is 10.4. The van der Waals surface area contributed by atoms with Gasteiger partial charge < -0.3 is 4.74 Å². The van der Waals surface area contributed by atoms with Crippen LogP contribution in [0.1, 0.15) is 10.4 Å². The lowest BCUT2D eigenvalue weighted by molar-refractivity contribution is 0.112. The number of hydrogen-bond acceptors (Lipinski definition) is 2. The largest absolute Gasteiger partial charge is 0.451 e. The van der Waals surface area contributed by atoms with Crippen molar-refractivity contribution in [2.24, 2.45) is 0 Å². The molecule has 0 aromatic heterocycles. The van der Waals surface area contributed by atoms with Crippen molar-refractivity contribution < 1.29 is 22.7 Å². The fourth-order valence-corrected chi connectivity index (χ4v) is 1.35. The summed E-state index contributed by atoms with van der Waals surface area (Å²) < 4.78 is 44.3. The fraction of sp³-hybridized carbons (Fsp3) is 0. The number of carbonyl (C=O) groups is 1. The molecule has 2 rings (SSSR count). The highest BCUT2D eigenvalue weighted by atomic mass is 19.1. The number of ether oxygens (including phenoxy) is 1. The molecule has 2 aromatic rings. The number of hydrogen-bond donors (Lipinski definition) is 0. The van der Waals surface area contributed by atoms with Gasteiger partial charge in [-0.25, -0.2) is 13.2 Å². The number of benzene rings is 2. The van der Waals surface area contributed by atoms with Crippen LogP contribution in [0.4, 0.5) is 13.2 Å². The van der Waals surface area contributed by atoms with Crippen LogP contribution in [0.3, 0.4) is 0 Å². The van der Waals surface area contributed by atoms with Crippen molar-refractivity contribution in [2.45, 2.75) is 0 Å². The molecular formula is C13H7F3O2. The minimum atomic E-state index is -0.936. The van der Waals surface area contributed by atoms with E-state index < -0.39 is 17.5 Å². The highest BCUT2D eigenvalue weighted by Gasteiger charge is 2.10. The molecule has 18 heavy (non-hydrogen) atoms. The maximum absolute atomic E-state index is 13.5. The highest BCUT2D eigenvalue weighted by Crippen LogP contribution is 2.27. The van der Waals surface area contributed by atoms with Crippen LogP contribution in [-0.2, 0) is 0 Å². The van der Waals surface area contributed by atoms with E-state index in [4.69, 9.17) is 4.74 Å². The van der Waals surface area contributed by atoms with E-state index in [1.165, 1.54) is 12.1 Å². The molecule has 0 N–H and O–H groups in total. The van der Waals surface area contributed by atoms with Crippen molar-refractivity contribution in [2.75, 3.05) is 0 Å². The third-order valence-corrected chi connectivity index (χ3v) is 2.21. The van der Waals surface area contributed by atoms with E-state index in [-0.39, 0.29) is 17.1 Å². The van der Waals surface area contributed by atoms with Gasteiger partial charge in [-0.05, 0) is 30.3 Å². The Balaban J connectivity index is 2.31. The van der Waals surface area contributed by atoms with Gasteiger partial charge in [0.25, 0.3) is 0 Å². The zero-order valence-electron chi connectivity index (χ0n) is 8.99. The summed E-state index contributed by atoms with van der Waals surface area (Å²) in [5.74, 6) is -3.03. The Hall–Kier alpha value is -2.30. The first kappa shape index (κ1) is 12.2. The molecule has 0 heterocycles. The van der Waals surface area contributed by atoms with Crippen LogP contribution in [0.2, 0.25) is 0 Å². The molecule has 92 valence electrons. The molecule has 0 aliphatic carbocycles. The van der Waals surface area contributed by atoms with E-state index in [1.807, 2.05) is 0 Å². The van der Waals surface area contributed by atoms with Gasteiger partial charge in [-0.3, -0.25) is 4.79 Å². The van der Waals surface area contributed by atoms with Gasteiger partial charge in [-0.1, -0.05) is 0 Å². The molecule has 0 saturated heterocycles. The van der Waals surface area contributed by atoms with Crippen LogP contribution in [0.25, 0.3) is 0 Å². The Kier molecular flexibility index (Phi) is 3.32. The fourth-order valence-electron chi connectivity index (χ4n) is 1.35. The Bertz CT molecular complexity index is 597. The van der Waals surface area contributed by atoms with Crippen LogP contribution in [-0.4, -0.2) is 6.29 Å². The van der Waals surface area contributed by atoms with Gasteiger partial charge in [0.05, 0.1) is 0 Å². The summed E-state index contributed by atoms with van der Waals surface area (Å²) in [6, 6.07) is 6.17. The number of halogens is 3. The van der Waals surface area contributed by atoms with Crippen LogP contribution >= 0.6 is 0 Å². The third kappa shape index (κ3) is 2.51. The SMILES string of the molecule is O=Cc1ccc(Oc2ccc(F)cc2F)c(F)c1. The highest BCUT2D eigenvalue weighted by molar-refractivity contribution is 5.75. The second-order valence-corrected chi connectivity index (χ2v) is 3.48. The second kappa shape index (κ2) is 4.91. The first-order chi connectivity index (χ1) is 8.60. The van der Waals surface area contributed by atoms with Crippen molar-refractivity contribution in [3.8, 4) is 11.5 Å². The van der Waals surface area contributed by atoms with E-state index >= 15 is 0 Å². The van der Waals surface area contributed by atoms with Gasteiger partial charge in [0.15, 0.2) is 23.1 Å². The molecule has 0 aliphatic heterocycles. The molecule has 0 fully saturated rings. The molecule has 0 spiro atoms. The molecule has 2 nitrogen and oxygen atoms in total. The summed E-state index contributed by atoms with van der Waals surface area (Å²) in [5, 5.41) is 0. The lowest BCUT2D eigenvalue weighted by Gasteiger charge is -2.07. The van der Waals surface area contributed by atoms with Gasteiger partial charge in [-0.15, -0.1) is 0 Å². The van der Waals surface area contributed by atoms with Gasteiger partial charge in [-0.2, -0.15) is 0 Å². The van der Waals surface area contributed by atoms with Crippen molar-refractivity contribution in [1.82, 2.24) is 0 Å². The lowest BCUT2D eigenvalue weighted by atomic mass is 10.2. The summed E-state index contributed by atoms with van der Waals surface area (Å²) >= 11 is 0. The van der Waals surface area contributed by atoms with E-state index in [9.17, 15) is 18.0 Å². The Morgan fingerprint density at radius 3 is 2.06 bits per heavy atom. The summed E-state index contributed by atoms with van der Waals surface area (Å²) in [5.41, 5.74) is 0.138. The van der Waals surface area contributed by atoms with E-state index in [2.05, 4.69) is 0 Å². The second-order valence-electron chi connectivity index (χ2n) is 3.48. The maximum atomic E-state index is 13.5. The first-order valence-electron chi connectivity index (χ1n) is 4.98. The van der Waals surface area contributed by atoms with Crippen LogP contribution in [0.5, 0.6) is 11.5 Å². The smallest absolute Gasteiger partial charge is 0.168 e. The average molecular weight is 252 g/mol. The maximum Gasteiger partial charge on any atom is 0.168 e. The summed E-state index contributed by atoms with van der Waals surface area (Å²) in [7, 11) is 0. The number of aldehydes is 1. The summed E-state index contributed by atoms with van der Waals surface area (Å²) in [6.07, 6.45) is 0.478. The van der Waals surface area contributed by atoms with E-state index in [0.717, 1.165) is 18.2 Å². The molecule has 5 heteroatoms. The molecule has 2 aromatic carbocycles. The van der Waals surface area contributed by atoms with Crippen molar-refractivity contribution in [3.63, 3.8) is 0 Å². The van der Waals surface area contributed by atoms with E-state index in [0.29, 0.717) is 12.4 Å². The van der Waals surface area contributed by atoms with Crippen LogP contribution in [0, 0.1) is 17.5 Å². The Labute approximate surface area is 101 Å². The Morgan fingerprint density at radius 1 is 0.889 bits per heavy atom. The van der Waals surface area contributed by atoms with Crippen LogP contribution in [0.15, 0.2) is 36.4 Å². The molecular weight excluding hydrogens is 245 g/mol. The first-order valence-corrected chi connectivity index (χ1v) is 4.98. The van der Waals surface area contributed by atoms with Crippen molar-refractivity contribution in [1.29, 1.82) is 0 Å². The predicted molar refractivity (Wildman–Crippen MR) is 58.2 cm³/mol. The molecule has 0 amide bonds. The van der Waals surface area contributed by atoms with Crippen molar-refractivity contribution >= 4 is 6.29 Å². The third-order valence-electron chi connectivity index (χ3n) is 2.21. The van der Waals surface area contributed by atoms with E-state index in [1.54, 1.807) is 0 Å². The zero-order chi connectivity index (χ0) is 13.1. The van der Waals surface area contributed by atoms with Crippen LogP contribution < -0.4 is 4.74 Å². The zero-order valence-corrected chi connectivity index (χ0v) is 8.99. The van der Waals surface area contributed by atoms with Crippen molar-refractivity contribution in [3.05, 3.63) is 59.4 Å². The average Bonchev–Trinajstić information content (AvgIpc) is 2.34. The topological polar surface area (TPSA) is 26.3 Å². The van der Waals surface area contributed by atoms with Gasteiger partial charge in [0, 0.05) is 11.6 Å².